The average Bonchev–Trinajstić information content (AvgIpc) is 2.92. The Bertz CT molecular complexity index is 478. The Balaban J connectivity index is 2.02. The standard InChI is InChI=1S/C15H19NO3/c1-10(11-5-2-3-6-11)16-14(17)12-7-4-8-13(9-12)15(18)19/h4,7-11H,2-3,5-6H2,1H3,(H,16,17)(H,18,19). The maximum absolute atomic E-state index is 12.1. The van der Waals surface area contributed by atoms with Gasteiger partial charge in [-0.3, -0.25) is 4.79 Å². The third-order valence-corrected chi connectivity index (χ3v) is 3.84. The van der Waals surface area contributed by atoms with Crippen LogP contribution < -0.4 is 5.32 Å². The lowest BCUT2D eigenvalue weighted by atomic mass is 9.99. The zero-order valence-electron chi connectivity index (χ0n) is 11.1. The highest BCUT2D eigenvalue weighted by molar-refractivity contribution is 5.97. The quantitative estimate of drug-likeness (QED) is 0.875. The lowest BCUT2D eigenvalue weighted by Gasteiger charge is -2.20. The number of carbonyl (C=O) groups is 2. The number of carbonyl (C=O) groups excluding carboxylic acids is 1. The maximum atomic E-state index is 12.1. The largest absolute Gasteiger partial charge is 0.478 e. The number of carboxylic acids is 1. The van der Waals surface area contributed by atoms with Crippen molar-refractivity contribution in [2.24, 2.45) is 5.92 Å². The molecule has 4 heteroatoms. The summed E-state index contributed by atoms with van der Waals surface area (Å²) in [4.78, 5) is 23.0. The summed E-state index contributed by atoms with van der Waals surface area (Å²) >= 11 is 0. The lowest BCUT2D eigenvalue weighted by Crippen LogP contribution is -2.37. The molecule has 0 aliphatic heterocycles. The Morgan fingerprint density at radius 3 is 2.53 bits per heavy atom. The zero-order valence-corrected chi connectivity index (χ0v) is 11.1. The summed E-state index contributed by atoms with van der Waals surface area (Å²) in [6.45, 7) is 2.02. The van der Waals surface area contributed by atoms with E-state index >= 15 is 0 Å². The lowest BCUT2D eigenvalue weighted by molar-refractivity contribution is 0.0697. The highest BCUT2D eigenvalue weighted by Gasteiger charge is 2.23. The molecule has 0 saturated heterocycles. The van der Waals surface area contributed by atoms with Crippen molar-refractivity contribution in [2.45, 2.75) is 38.6 Å². The summed E-state index contributed by atoms with van der Waals surface area (Å²) in [5.74, 6) is -0.660. The second-order valence-corrected chi connectivity index (χ2v) is 5.19. The highest BCUT2D eigenvalue weighted by Crippen LogP contribution is 2.27. The van der Waals surface area contributed by atoms with Gasteiger partial charge in [-0.2, -0.15) is 0 Å². The minimum Gasteiger partial charge on any atom is -0.478 e. The van der Waals surface area contributed by atoms with Crippen molar-refractivity contribution in [3.63, 3.8) is 0 Å². The molecule has 2 N–H and O–H groups in total. The van der Waals surface area contributed by atoms with E-state index in [9.17, 15) is 9.59 Å². The molecule has 0 spiro atoms. The predicted molar refractivity (Wildman–Crippen MR) is 72.3 cm³/mol. The third-order valence-electron chi connectivity index (χ3n) is 3.84. The molecule has 0 bridgehead atoms. The topological polar surface area (TPSA) is 66.4 Å². The number of hydrogen-bond acceptors (Lipinski definition) is 2. The predicted octanol–water partition coefficient (Wildman–Crippen LogP) is 2.69. The van der Waals surface area contributed by atoms with Gasteiger partial charge < -0.3 is 10.4 Å². The van der Waals surface area contributed by atoms with Gasteiger partial charge in [-0.25, -0.2) is 4.79 Å². The van der Waals surface area contributed by atoms with E-state index in [0.717, 1.165) is 12.8 Å². The molecule has 19 heavy (non-hydrogen) atoms. The average molecular weight is 261 g/mol. The van der Waals surface area contributed by atoms with Crippen LogP contribution in [0.2, 0.25) is 0 Å². The number of aromatic carboxylic acids is 1. The Hall–Kier alpha value is -1.84. The molecule has 1 fully saturated rings. The first kappa shape index (κ1) is 13.6. The molecule has 0 radical (unpaired) electrons. The van der Waals surface area contributed by atoms with Gasteiger partial charge in [0.15, 0.2) is 0 Å². The number of carboxylic acid groups (broad SMARTS) is 1. The van der Waals surface area contributed by atoms with Gasteiger partial charge in [-0.05, 0) is 43.9 Å². The van der Waals surface area contributed by atoms with E-state index in [1.165, 1.54) is 25.0 Å². The van der Waals surface area contributed by atoms with Gasteiger partial charge in [0.05, 0.1) is 5.56 Å². The van der Waals surface area contributed by atoms with Crippen LogP contribution in [0.25, 0.3) is 0 Å². The highest BCUT2D eigenvalue weighted by atomic mass is 16.4. The molecule has 1 saturated carbocycles. The van der Waals surface area contributed by atoms with Crippen molar-refractivity contribution < 1.29 is 14.7 Å². The molecular formula is C15H19NO3. The van der Waals surface area contributed by atoms with Crippen molar-refractivity contribution in [2.75, 3.05) is 0 Å². The van der Waals surface area contributed by atoms with Gasteiger partial charge >= 0.3 is 5.97 Å². The van der Waals surface area contributed by atoms with E-state index in [0.29, 0.717) is 11.5 Å². The van der Waals surface area contributed by atoms with Gasteiger partial charge in [0.2, 0.25) is 0 Å². The second kappa shape index (κ2) is 5.87. The molecule has 1 amide bonds. The number of benzene rings is 1. The second-order valence-electron chi connectivity index (χ2n) is 5.19. The van der Waals surface area contributed by atoms with Crippen LogP contribution in [0.1, 0.15) is 53.3 Å². The van der Waals surface area contributed by atoms with Crippen LogP contribution in [-0.4, -0.2) is 23.0 Å². The monoisotopic (exact) mass is 261 g/mol. The van der Waals surface area contributed by atoms with E-state index in [2.05, 4.69) is 5.32 Å². The Labute approximate surface area is 112 Å². The first-order chi connectivity index (χ1) is 9.08. The zero-order chi connectivity index (χ0) is 13.8. The molecule has 0 aromatic heterocycles. The molecule has 1 unspecified atom stereocenters. The third kappa shape index (κ3) is 3.34. The van der Waals surface area contributed by atoms with Crippen LogP contribution in [-0.2, 0) is 0 Å². The summed E-state index contributed by atoms with van der Waals surface area (Å²) in [5, 5.41) is 11.9. The van der Waals surface area contributed by atoms with E-state index in [1.807, 2.05) is 6.92 Å². The van der Waals surface area contributed by atoms with E-state index in [4.69, 9.17) is 5.11 Å². The smallest absolute Gasteiger partial charge is 0.335 e. The minimum atomic E-state index is -1.02. The van der Waals surface area contributed by atoms with Crippen LogP contribution in [0, 0.1) is 5.92 Å². The SMILES string of the molecule is CC(NC(=O)c1cccc(C(=O)O)c1)C1CCCC1. The fraction of sp³-hybridized carbons (Fsp3) is 0.467. The molecule has 1 aliphatic carbocycles. The number of amides is 1. The first-order valence-corrected chi connectivity index (χ1v) is 6.72. The fourth-order valence-corrected chi connectivity index (χ4v) is 2.66. The Morgan fingerprint density at radius 2 is 1.89 bits per heavy atom. The summed E-state index contributed by atoms with van der Waals surface area (Å²) in [6.07, 6.45) is 4.80. The summed E-state index contributed by atoms with van der Waals surface area (Å²) in [6, 6.07) is 6.28. The van der Waals surface area contributed by atoms with Crippen molar-refractivity contribution in [1.29, 1.82) is 0 Å². The molecule has 2 rings (SSSR count). The van der Waals surface area contributed by atoms with Gasteiger partial charge in [-0.1, -0.05) is 18.9 Å². The number of nitrogens with one attached hydrogen (secondary N) is 1. The van der Waals surface area contributed by atoms with Gasteiger partial charge in [0, 0.05) is 11.6 Å². The first-order valence-electron chi connectivity index (χ1n) is 6.72. The van der Waals surface area contributed by atoms with Gasteiger partial charge in [0.25, 0.3) is 5.91 Å². The maximum Gasteiger partial charge on any atom is 0.335 e. The molecule has 1 aromatic carbocycles. The number of hydrogen-bond donors (Lipinski definition) is 2. The molecule has 1 atom stereocenters. The summed E-state index contributed by atoms with van der Waals surface area (Å²) in [5.41, 5.74) is 0.547. The van der Waals surface area contributed by atoms with Gasteiger partial charge in [0.1, 0.15) is 0 Å². The van der Waals surface area contributed by atoms with Crippen molar-refractivity contribution in [3.8, 4) is 0 Å². The molecule has 0 heterocycles. The molecule has 102 valence electrons. The Morgan fingerprint density at radius 1 is 1.26 bits per heavy atom. The molecule has 1 aliphatic rings. The molecule has 1 aromatic rings. The van der Waals surface area contributed by atoms with Crippen LogP contribution in [0.3, 0.4) is 0 Å². The van der Waals surface area contributed by atoms with Crippen molar-refractivity contribution in [3.05, 3.63) is 35.4 Å². The van der Waals surface area contributed by atoms with Crippen LogP contribution >= 0.6 is 0 Å². The normalized spacial score (nSPS) is 17.1. The number of rotatable bonds is 4. The summed E-state index contributed by atoms with van der Waals surface area (Å²) < 4.78 is 0. The minimum absolute atomic E-state index is 0.140. The van der Waals surface area contributed by atoms with Crippen molar-refractivity contribution in [1.82, 2.24) is 5.32 Å². The fourth-order valence-electron chi connectivity index (χ4n) is 2.66. The molecular weight excluding hydrogens is 242 g/mol. The van der Waals surface area contributed by atoms with E-state index in [1.54, 1.807) is 12.1 Å². The van der Waals surface area contributed by atoms with Crippen molar-refractivity contribution >= 4 is 11.9 Å². The van der Waals surface area contributed by atoms with Crippen LogP contribution in [0.5, 0.6) is 0 Å². The van der Waals surface area contributed by atoms with Gasteiger partial charge in [-0.15, -0.1) is 0 Å². The van der Waals surface area contributed by atoms with Crippen LogP contribution in [0.15, 0.2) is 24.3 Å². The summed E-state index contributed by atoms with van der Waals surface area (Å²) in [7, 11) is 0. The Kier molecular flexibility index (Phi) is 4.20. The van der Waals surface area contributed by atoms with E-state index < -0.39 is 5.97 Å². The molecule has 4 nitrogen and oxygen atoms in total. The van der Waals surface area contributed by atoms with Crippen LogP contribution in [0.4, 0.5) is 0 Å². The van der Waals surface area contributed by atoms with E-state index in [-0.39, 0.29) is 17.5 Å².